The number of hydrogen-bond donors (Lipinski definition) is 1. The molecule has 0 saturated carbocycles. The Morgan fingerprint density at radius 3 is 2.50 bits per heavy atom. The first-order valence-corrected chi connectivity index (χ1v) is 4.23. The van der Waals surface area contributed by atoms with Crippen LogP contribution in [-0.4, -0.2) is 18.1 Å². The SMILES string of the molecule is COC(=O)C(N)c1ccc(C(F)(F)F)cn1. The maximum absolute atomic E-state index is 12.2. The summed E-state index contributed by atoms with van der Waals surface area (Å²) in [4.78, 5) is 14.5. The van der Waals surface area contributed by atoms with Crippen LogP contribution < -0.4 is 5.73 Å². The fourth-order valence-electron chi connectivity index (χ4n) is 1.00. The van der Waals surface area contributed by atoms with Crippen LogP contribution in [0, 0.1) is 0 Å². The van der Waals surface area contributed by atoms with E-state index >= 15 is 0 Å². The molecule has 1 aromatic rings. The minimum atomic E-state index is -4.46. The fourth-order valence-corrected chi connectivity index (χ4v) is 1.00. The molecular formula is C9H9F3N2O2. The number of alkyl halides is 3. The lowest BCUT2D eigenvalue weighted by molar-refractivity contribution is -0.142. The van der Waals surface area contributed by atoms with Crippen molar-refractivity contribution >= 4 is 5.97 Å². The number of methoxy groups -OCH3 is 1. The Balaban J connectivity index is 2.91. The highest BCUT2D eigenvalue weighted by atomic mass is 19.4. The van der Waals surface area contributed by atoms with Gasteiger partial charge in [0, 0.05) is 6.20 Å². The number of aromatic nitrogens is 1. The lowest BCUT2D eigenvalue weighted by Gasteiger charge is -2.10. The summed E-state index contributed by atoms with van der Waals surface area (Å²) in [5.74, 6) is -0.757. The molecule has 7 heteroatoms. The zero-order valence-corrected chi connectivity index (χ0v) is 8.28. The van der Waals surface area contributed by atoms with Crippen LogP contribution in [0.1, 0.15) is 17.3 Å². The van der Waals surface area contributed by atoms with Gasteiger partial charge in [-0.25, -0.2) is 4.79 Å². The molecule has 1 atom stereocenters. The van der Waals surface area contributed by atoms with Crippen molar-refractivity contribution in [1.82, 2.24) is 4.98 Å². The number of nitrogens with two attached hydrogens (primary N) is 1. The first-order valence-electron chi connectivity index (χ1n) is 4.23. The van der Waals surface area contributed by atoms with Gasteiger partial charge in [-0.2, -0.15) is 13.2 Å². The topological polar surface area (TPSA) is 65.2 Å². The molecule has 0 fully saturated rings. The molecule has 4 nitrogen and oxygen atoms in total. The van der Waals surface area contributed by atoms with E-state index in [0.29, 0.717) is 6.20 Å². The lowest BCUT2D eigenvalue weighted by Crippen LogP contribution is -2.23. The maximum Gasteiger partial charge on any atom is 0.417 e. The summed E-state index contributed by atoms with van der Waals surface area (Å²) in [6.45, 7) is 0. The van der Waals surface area contributed by atoms with Crippen molar-refractivity contribution in [2.24, 2.45) is 5.73 Å². The third-order valence-electron chi connectivity index (χ3n) is 1.89. The van der Waals surface area contributed by atoms with E-state index in [1.54, 1.807) is 0 Å². The largest absolute Gasteiger partial charge is 0.468 e. The second-order valence-electron chi connectivity index (χ2n) is 2.97. The number of nitrogens with zero attached hydrogens (tertiary/aromatic N) is 1. The smallest absolute Gasteiger partial charge is 0.417 e. The number of hydrogen-bond acceptors (Lipinski definition) is 4. The van der Waals surface area contributed by atoms with Gasteiger partial charge in [-0.3, -0.25) is 4.98 Å². The first kappa shape index (κ1) is 12.4. The van der Waals surface area contributed by atoms with Gasteiger partial charge in [-0.15, -0.1) is 0 Å². The van der Waals surface area contributed by atoms with Gasteiger partial charge < -0.3 is 10.5 Å². The summed E-state index contributed by atoms with van der Waals surface area (Å²) in [5, 5.41) is 0. The number of halogens is 3. The van der Waals surface area contributed by atoms with Crippen molar-refractivity contribution in [1.29, 1.82) is 0 Å². The van der Waals surface area contributed by atoms with Crippen LogP contribution in [0.2, 0.25) is 0 Å². The van der Waals surface area contributed by atoms with Gasteiger partial charge in [0.25, 0.3) is 0 Å². The van der Waals surface area contributed by atoms with E-state index in [2.05, 4.69) is 9.72 Å². The van der Waals surface area contributed by atoms with E-state index in [9.17, 15) is 18.0 Å². The van der Waals surface area contributed by atoms with E-state index in [1.807, 2.05) is 0 Å². The molecule has 0 saturated heterocycles. The molecule has 0 aliphatic heterocycles. The zero-order valence-electron chi connectivity index (χ0n) is 8.28. The molecule has 1 heterocycles. The van der Waals surface area contributed by atoms with Gasteiger partial charge in [0.2, 0.25) is 0 Å². The molecule has 0 aromatic carbocycles. The molecule has 1 rings (SSSR count). The van der Waals surface area contributed by atoms with Gasteiger partial charge in [0.05, 0.1) is 18.4 Å². The van der Waals surface area contributed by atoms with Crippen molar-refractivity contribution in [3.8, 4) is 0 Å². The van der Waals surface area contributed by atoms with Crippen LogP contribution >= 0.6 is 0 Å². The fraction of sp³-hybridized carbons (Fsp3) is 0.333. The van der Waals surface area contributed by atoms with Gasteiger partial charge >= 0.3 is 12.1 Å². The molecule has 0 bridgehead atoms. The summed E-state index contributed by atoms with van der Waals surface area (Å²) in [6, 6.07) is 0.683. The second kappa shape index (κ2) is 4.48. The van der Waals surface area contributed by atoms with Crippen LogP contribution in [0.15, 0.2) is 18.3 Å². The molecule has 1 aromatic heterocycles. The quantitative estimate of drug-likeness (QED) is 0.782. The van der Waals surface area contributed by atoms with Gasteiger partial charge in [0.1, 0.15) is 6.04 Å². The van der Waals surface area contributed by atoms with Crippen LogP contribution in [0.4, 0.5) is 13.2 Å². The lowest BCUT2D eigenvalue weighted by atomic mass is 10.1. The molecule has 1 unspecified atom stereocenters. The standard InChI is InChI=1S/C9H9F3N2O2/c1-16-8(15)7(13)6-3-2-5(4-14-6)9(10,11)12/h2-4,7H,13H2,1H3. The predicted octanol–water partition coefficient (Wildman–Crippen LogP) is 1.27. The summed E-state index contributed by atoms with van der Waals surface area (Å²) in [7, 11) is 1.13. The van der Waals surface area contributed by atoms with Gasteiger partial charge in [-0.1, -0.05) is 0 Å². The van der Waals surface area contributed by atoms with E-state index < -0.39 is 23.8 Å². The van der Waals surface area contributed by atoms with Crippen molar-refractivity contribution < 1.29 is 22.7 Å². The number of carbonyl (C=O) groups is 1. The average Bonchev–Trinajstić information content (AvgIpc) is 2.26. The van der Waals surface area contributed by atoms with E-state index in [1.165, 1.54) is 0 Å². The number of esters is 1. The minimum absolute atomic E-state index is 0.0276. The Bertz CT molecular complexity index is 375. The minimum Gasteiger partial charge on any atom is -0.468 e. The Morgan fingerprint density at radius 1 is 1.50 bits per heavy atom. The summed E-state index contributed by atoms with van der Waals surface area (Å²) in [5.41, 5.74) is 4.52. The highest BCUT2D eigenvalue weighted by Crippen LogP contribution is 2.28. The van der Waals surface area contributed by atoms with Crippen LogP contribution in [0.25, 0.3) is 0 Å². The summed E-state index contributed by atoms with van der Waals surface area (Å²) >= 11 is 0. The molecule has 0 amide bonds. The molecular weight excluding hydrogens is 225 g/mol. The third-order valence-corrected chi connectivity index (χ3v) is 1.89. The van der Waals surface area contributed by atoms with Gasteiger partial charge in [-0.05, 0) is 12.1 Å². The zero-order chi connectivity index (χ0) is 12.3. The van der Waals surface area contributed by atoms with Crippen LogP contribution in [0.5, 0.6) is 0 Å². The maximum atomic E-state index is 12.2. The monoisotopic (exact) mass is 234 g/mol. The Hall–Kier alpha value is -1.63. The van der Waals surface area contributed by atoms with Crippen molar-refractivity contribution in [2.45, 2.75) is 12.2 Å². The third kappa shape index (κ3) is 2.69. The Morgan fingerprint density at radius 2 is 2.12 bits per heavy atom. The normalized spacial score (nSPS) is 13.3. The Kier molecular flexibility index (Phi) is 3.48. The van der Waals surface area contributed by atoms with E-state index in [-0.39, 0.29) is 5.69 Å². The molecule has 0 radical (unpaired) electrons. The van der Waals surface area contributed by atoms with Crippen molar-refractivity contribution in [2.75, 3.05) is 7.11 Å². The predicted molar refractivity (Wildman–Crippen MR) is 48.2 cm³/mol. The summed E-state index contributed by atoms with van der Waals surface area (Å²) < 4.78 is 40.9. The summed E-state index contributed by atoms with van der Waals surface area (Å²) in [6.07, 6.45) is -3.83. The van der Waals surface area contributed by atoms with Crippen LogP contribution in [-0.2, 0) is 15.7 Å². The Labute approximate surface area is 89.2 Å². The number of ether oxygens (including phenoxy) is 1. The van der Waals surface area contributed by atoms with Crippen molar-refractivity contribution in [3.05, 3.63) is 29.6 Å². The van der Waals surface area contributed by atoms with E-state index in [4.69, 9.17) is 5.73 Å². The van der Waals surface area contributed by atoms with Crippen molar-refractivity contribution in [3.63, 3.8) is 0 Å². The molecule has 0 spiro atoms. The molecule has 2 N–H and O–H groups in total. The number of carbonyl (C=O) groups excluding carboxylic acids is 1. The molecule has 88 valence electrons. The highest BCUT2D eigenvalue weighted by molar-refractivity contribution is 5.76. The van der Waals surface area contributed by atoms with E-state index in [0.717, 1.165) is 19.2 Å². The second-order valence-corrected chi connectivity index (χ2v) is 2.97. The average molecular weight is 234 g/mol. The number of rotatable bonds is 2. The highest BCUT2D eigenvalue weighted by Gasteiger charge is 2.31. The number of pyridine rings is 1. The molecule has 0 aliphatic carbocycles. The van der Waals surface area contributed by atoms with Crippen LogP contribution in [0.3, 0.4) is 0 Å². The molecule has 16 heavy (non-hydrogen) atoms. The molecule has 0 aliphatic rings. The first-order chi connectivity index (χ1) is 7.36. The van der Waals surface area contributed by atoms with Gasteiger partial charge in [0.15, 0.2) is 0 Å².